The summed E-state index contributed by atoms with van der Waals surface area (Å²) in [5.74, 6) is -1.19. The van der Waals surface area contributed by atoms with Crippen LogP contribution in [0.15, 0.2) is 72.8 Å². The van der Waals surface area contributed by atoms with Crippen molar-refractivity contribution < 1.29 is 27.7 Å². The monoisotopic (exact) mass is 588 g/mol. The van der Waals surface area contributed by atoms with E-state index in [1.165, 1.54) is 25.1 Å². The molecule has 212 valence electrons. The molecular formula is C27H29ClN4O7S. The Morgan fingerprint density at radius 3 is 2.30 bits per heavy atom. The van der Waals surface area contributed by atoms with Crippen LogP contribution in [0, 0.1) is 10.1 Å². The quantitative estimate of drug-likeness (QED) is 0.253. The number of nitrogens with zero attached hydrogens (tertiary/aromatic N) is 3. The minimum absolute atomic E-state index is 0.00798. The molecule has 11 nitrogen and oxygen atoms in total. The molecule has 0 spiro atoms. The van der Waals surface area contributed by atoms with Gasteiger partial charge in [0.15, 0.2) is 0 Å². The molecule has 0 aromatic heterocycles. The van der Waals surface area contributed by atoms with E-state index in [0.717, 1.165) is 28.3 Å². The summed E-state index contributed by atoms with van der Waals surface area (Å²) in [6, 6.07) is 18.2. The molecule has 13 heteroatoms. The van der Waals surface area contributed by atoms with Gasteiger partial charge in [-0.2, -0.15) is 0 Å². The zero-order valence-corrected chi connectivity index (χ0v) is 23.7. The van der Waals surface area contributed by atoms with Crippen LogP contribution in [0.4, 0.5) is 11.4 Å². The third-order valence-corrected chi connectivity index (χ3v) is 7.63. The van der Waals surface area contributed by atoms with Crippen LogP contribution in [0.5, 0.6) is 5.75 Å². The van der Waals surface area contributed by atoms with E-state index >= 15 is 0 Å². The summed E-state index contributed by atoms with van der Waals surface area (Å²) in [5, 5.41) is 14.4. The number of methoxy groups -OCH3 is 1. The van der Waals surface area contributed by atoms with Crippen molar-refractivity contribution in [3.63, 3.8) is 0 Å². The first kappa shape index (κ1) is 30.4. The molecule has 3 aromatic rings. The second-order valence-corrected chi connectivity index (χ2v) is 11.1. The van der Waals surface area contributed by atoms with E-state index in [2.05, 4.69) is 5.32 Å². The highest BCUT2D eigenvalue weighted by Crippen LogP contribution is 2.34. The van der Waals surface area contributed by atoms with Crippen molar-refractivity contribution in [3.05, 3.63) is 99.1 Å². The Labute approximate surface area is 237 Å². The highest BCUT2D eigenvalue weighted by atomic mass is 35.5. The number of amides is 2. The van der Waals surface area contributed by atoms with Crippen LogP contribution < -0.4 is 14.4 Å². The molecule has 0 unspecified atom stereocenters. The molecule has 3 aromatic carbocycles. The first-order valence-electron chi connectivity index (χ1n) is 12.0. The third-order valence-electron chi connectivity index (χ3n) is 6.14. The molecule has 40 heavy (non-hydrogen) atoms. The van der Waals surface area contributed by atoms with Crippen molar-refractivity contribution >= 4 is 44.8 Å². The van der Waals surface area contributed by atoms with Crippen LogP contribution in [0.25, 0.3) is 0 Å². The van der Waals surface area contributed by atoms with Gasteiger partial charge in [0.25, 0.3) is 5.69 Å². The maximum absolute atomic E-state index is 14.0. The normalized spacial score (nSPS) is 11.8. The number of benzene rings is 3. The highest BCUT2D eigenvalue weighted by molar-refractivity contribution is 7.92. The summed E-state index contributed by atoms with van der Waals surface area (Å²) in [6.07, 6.45) is 1.01. The van der Waals surface area contributed by atoms with Crippen molar-refractivity contribution in [2.75, 3.05) is 31.3 Å². The Hall–Kier alpha value is -4.16. The molecule has 0 fully saturated rings. The van der Waals surface area contributed by atoms with Gasteiger partial charge in [0.05, 0.1) is 18.3 Å². The number of likely N-dealkylation sites (N-methyl/N-ethyl adjacent to an activating group) is 1. The molecule has 2 amide bonds. The van der Waals surface area contributed by atoms with E-state index in [0.29, 0.717) is 10.6 Å². The minimum Gasteiger partial charge on any atom is -0.495 e. The van der Waals surface area contributed by atoms with Gasteiger partial charge in [0, 0.05) is 37.2 Å². The molecule has 0 aliphatic rings. The van der Waals surface area contributed by atoms with E-state index in [4.69, 9.17) is 16.3 Å². The lowest BCUT2D eigenvalue weighted by Gasteiger charge is -2.33. The van der Waals surface area contributed by atoms with E-state index in [9.17, 15) is 28.1 Å². The fraction of sp³-hybridized carbons (Fsp3) is 0.259. The number of sulfonamides is 1. The lowest BCUT2D eigenvalue weighted by atomic mass is 10.0. The summed E-state index contributed by atoms with van der Waals surface area (Å²) in [4.78, 5) is 39.1. The number of ether oxygens (including phenoxy) is 1. The van der Waals surface area contributed by atoms with Crippen LogP contribution in [0.1, 0.15) is 11.1 Å². The van der Waals surface area contributed by atoms with Crippen LogP contribution in [0.2, 0.25) is 5.02 Å². The molecular weight excluding hydrogens is 560 g/mol. The molecule has 1 N–H and O–H groups in total. The van der Waals surface area contributed by atoms with Crippen molar-refractivity contribution in [1.29, 1.82) is 0 Å². The minimum atomic E-state index is -4.16. The average molecular weight is 589 g/mol. The molecule has 0 saturated heterocycles. The number of hydrogen-bond acceptors (Lipinski definition) is 7. The fourth-order valence-electron chi connectivity index (χ4n) is 4.11. The van der Waals surface area contributed by atoms with E-state index in [1.54, 1.807) is 36.4 Å². The number of anilines is 1. The number of nitro groups is 1. The maximum atomic E-state index is 14.0. The molecule has 0 radical (unpaired) electrons. The van der Waals surface area contributed by atoms with Crippen LogP contribution >= 0.6 is 11.6 Å². The number of hydrogen-bond donors (Lipinski definition) is 1. The van der Waals surface area contributed by atoms with Crippen molar-refractivity contribution in [3.8, 4) is 5.75 Å². The lowest BCUT2D eigenvalue weighted by molar-refractivity contribution is -0.384. The summed E-state index contributed by atoms with van der Waals surface area (Å²) >= 11 is 6.39. The average Bonchev–Trinajstić information content (AvgIpc) is 2.93. The molecule has 0 saturated carbocycles. The SMILES string of the molecule is CNC(=O)[C@@H](Cc1ccccc1)N(Cc1ccccc1Cl)C(=O)CN(c1cc([N+](=O)[O-])ccc1OC)S(C)(=O)=O. The second-order valence-electron chi connectivity index (χ2n) is 8.82. The van der Waals surface area contributed by atoms with Gasteiger partial charge in [-0.25, -0.2) is 8.42 Å². The predicted octanol–water partition coefficient (Wildman–Crippen LogP) is 3.41. The summed E-state index contributed by atoms with van der Waals surface area (Å²) < 4.78 is 31.8. The van der Waals surface area contributed by atoms with Crippen LogP contribution in [-0.2, 0) is 32.6 Å². The first-order chi connectivity index (χ1) is 19.0. The number of nitro benzene ring substituents is 1. The number of halogens is 1. The van der Waals surface area contributed by atoms with Crippen LogP contribution in [0.3, 0.4) is 0 Å². The van der Waals surface area contributed by atoms with Crippen molar-refractivity contribution in [2.45, 2.75) is 19.0 Å². The number of rotatable bonds is 12. The van der Waals surface area contributed by atoms with Crippen LogP contribution in [-0.4, -0.2) is 63.1 Å². The molecule has 0 aliphatic carbocycles. The fourth-order valence-corrected chi connectivity index (χ4v) is 5.15. The number of carbonyl (C=O) groups is 2. The lowest BCUT2D eigenvalue weighted by Crippen LogP contribution is -2.53. The summed E-state index contributed by atoms with van der Waals surface area (Å²) in [5.41, 5.74) is 0.730. The Balaban J connectivity index is 2.11. The van der Waals surface area contributed by atoms with E-state index in [1.807, 2.05) is 18.2 Å². The van der Waals surface area contributed by atoms with Crippen molar-refractivity contribution in [2.24, 2.45) is 0 Å². The third kappa shape index (κ3) is 7.48. The topological polar surface area (TPSA) is 139 Å². The Morgan fingerprint density at radius 2 is 1.73 bits per heavy atom. The largest absolute Gasteiger partial charge is 0.495 e. The zero-order valence-electron chi connectivity index (χ0n) is 22.1. The number of non-ortho nitro benzene ring substituents is 1. The Bertz CT molecular complexity index is 1490. The Kier molecular flexibility index (Phi) is 10.1. The van der Waals surface area contributed by atoms with Gasteiger partial charge >= 0.3 is 0 Å². The van der Waals surface area contributed by atoms with Gasteiger partial charge < -0.3 is 15.0 Å². The van der Waals surface area contributed by atoms with Gasteiger partial charge in [0.2, 0.25) is 21.8 Å². The zero-order chi connectivity index (χ0) is 29.4. The van der Waals surface area contributed by atoms with Gasteiger partial charge in [-0.05, 0) is 23.3 Å². The predicted molar refractivity (Wildman–Crippen MR) is 152 cm³/mol. The summed E-state index contributed by atoms with van der Waals surface area (Å²) in [6.45, 7) is -0.865. The maximum Gasteiger partial charge on any atom is 0.271 e. The van der Waals surface area contributed by atoms with E-state index in [-0.39, 0.29) is 24.4 Å². The molecule has 0 heterocycles. The van der Waals surface area contributed by atoms with Gasteiger partial charge in [0.1, 0.15) is 24.0 Å². The van der Waals surface area contributed by atoms with Gasteiger partial charge in [-0.3, -0.25) is 24.0 Å². The number of carbonyl (C=O) groups excluding carboxylic acids is 2. The smallest absolute Gasteiger partial charge is 0.271 e. The molecule has 0 bridgehead atoms. The van der Waals surface area contributed by atoms with Crippen molar-refractivity contribution in [1.82, 2.24) is 10.2 Å². The van der Waals surface area contributed by atoms with E-state index < -0.39 is 45.0 Å². The molecule has 1 atom stereocenters. The highest BCUT2D eigenvalue weighted by Gasteiger charge is 2.34. The first-order valence-corrected chi connectivity index (χ1v) is 14.3. The second kappa shape index (κ2) is 13.3. The van der Waals surface area contributed by atoms with Gasteiger partial charge in [-0.15, -0.1) is 0 Å². The summed E-state index contributed by atoms with van der Waals surface area (Å²) in [7, 11) is -1.44. The molecule has 0 aliphatic heterocycles. The number of nitrogens with one attached hydrogen (secondary N) is 1. The Morgan fingerprint density at radius 1 is 1.07 bits per heavy atom. The molecule has 3 rings (SSSR count). The van der Waals surface area contributed by atoms with Gasteiger partial charge in [-0.1, -0.05) is 60.1 Å². The standard InChI is InChI=1S/C27H29ClN4O7S/c1-29-27(34)24(15-19-9-5-4-6-10-19)30(17-20-11-7-8-12-22(20)28)26(33)18-31(40(3,37)38)23-16-21(32(35)36)13-14-25(23)39-2/h4-14,16,24H,15,17-18H2,1-3H3,(H,29,34)/t24-/m1/s1.